The maximum Gasteiger partial charge on any atom is 0.310 e. The van der Waals surface area contributed by atoms with Crippen molar-refractivity contribution in [2.75, 3.05) is 6.54 Å². The van der Waals surface area contributed by atoms with E-state index in [0.717, 1.165) is 12.8 Å². The zero-order chi connectivity index (χ0) is 13.1. The maximum atomic E-state index is 11.7. The molecule has 0 atom stereocenters. The second-order valence-corrected chi connectivity index (χ2v) is 5.56. The summed E-state index contributed by atoms with van der Waals surface area (Å²) in [7, 11) is 0. The number of carbonyl (C=O) groups is 2. The largest absolute Gasteiger partial charge is 0.481 e. The minimum Gasteiger partial charge on any atom is -0.481 e. The lowest BCUT2D eigenvalue weighted by Gasteiger charge is -2.24. The Morgan fingerprint density at radius 3 is 2.24 bits per heavy atom. The van der Waals surface area contributed by atoms with E-state index in [4.69, 9.17) is 0 Å². The predicted octanol–water partition coefficient (Wildman–Crippen LogP) is 0.909. The monoisotopic (exact) mass is 243 g/mol. The van der Waals surface area contributed by atoms with Crippen molar-refractivity contribution in [1.29, 1.82) is 0 Å². The molecule has 0 saturated heterocycles. The lowest BCUT2D eigenvalue weighted by molar-refractivity contribution is -0.151. The molecule has 0 bridgehead atoms. The standard InChI is InChI=1S/C12H21NO4/c1-11(2,17)8-13-9(14)7-12(10(15)16)5-3-4-6-12/h17H,3-8H2,1-2H3,(H,13,14)(H,15,16). The second-order valence-electron chi connectivity index (χ2n) is 5.56. The third kappa shape index (κ3) is 4.00. The number of aliphatic hydroxyl groups is 1. The molecule has 1 rings (SSSR count). The number of nitrogens with one attached hydrogen (secondary N) is 1. The summed E-state index contributed by atoms with van der Waals surface area (Å²) in [6, 6.07) is 0. The summed E-state index contributed by atoms with van der Waals surface area (Å²) < 4.78 is 0. The van der Waals surface area contributed by atoms with Crippen LogP contribution in [0, 0.1) is 5.41 Å². The van der Waals surface area contributed by atoms with E-state index in [-0.39, 0.29) is 18.9 Å². The van der Waals surface area contributed by atoms with Crippen LogP contribution in [-0.2, 0) is 9.59 Å². The van der Waals surface area contributed by atoms with E-state index < -0.39 is 17.0 Å². The van der Waals surface area contributed by atoms with Gasteiger partial charge in [-0.25, -0.2) is 0 Å². The Labute approximate surface area is 101 Å². The van der Waals surface area contributed by atoms with Crippen LogP contribution >= 0.6 is 0 Å². The Morgan fingerprint density at radius 1 is 1.29 bits per heavy atom. The summed E-state index contributed by atoms with van der Waals surface area (Å²) in [4.78, 5) is 22.9. The molecule has 3 N–H and O–H groups in total. The van der Waals surface area contributed by atoms with Crippen LogP contribution in [0.1, 0.15) is 46.0 Å². The lowest BCUT2D eigenvalue weighted by Crippen LogP contribution is -2.41. The topological polar surface area (TPSA) is 86.6 Å². The fourth-order valence-corrected chi connectivity index (χ4v) is 2.20. The number of aliphatic carboxylic acids is 1. The van der Waals surface area contributed by atoms with Crippen LogP contribution in [-0.4, -0.2) is 34.2 Å². The quantitative estimate of drug-likeness (QED) is 0.670. The fourth-order valence-electron chi connectivity index (χ4n) is 2.20. The SMILES string of the molecule is CC(C)(O)CNC(=O)CC1(C(=O)O)CCCC1. The first-order valence-corrected chi connectivity index (χ1v) is 5.98. The molecule has 0 spiro atoms. The molecule has 5 nitrogen and oxygen atoms in total. The summed E-state index contributed by atoms with van der Waals surface area (Å²) in [6.45, 7) is 3.33. The zero-order valence-electron chi connectivity index (χ0n) is 10.5. The number of amides is 1. The molecule has 98 valence electrons. The Kier molecular flexibility index (Phi) is 4.14. The van der Waals surface area contributed by atoms with Crippen LogP contribution in [0.3, 0.4) is 0 Å². The van der Waals surface area contributed by atoms with E-state index in [1.54, 1.807) is 13.8 Å². The van der Waals surface area contributed by atoms with E-state index in [0.29, 0.717) is 12.8 Å². The smallest absolute Gasteiger partial charge is 0.310 e. The van der Waals surface area contributed by atoms with Crippen LogP contribution in [0.25, 0.3) is 0 Å². The summed E-state index contributed by atoms with van der Waals surface area (Å²) in [5.74, 6) is -1.18. The van der Waals surface area contributed by atoms with E-state index in [2.05, 4.69) is 5.32 Å². The predicted molar refractivity (Wildman–Crippen MR) is 62.5 cm³/mol. The Balaban J connectivity index is 2.51. The average molecular weight is 243 g/mol. The van der Waals surface area contributed by atoms with E-state index >= 15 is 0 Å². The zero-order valence-corrected chi connectivity index (χ0v) is 10.5. The number of rotatable bonds is 5. The normalized spacial score (nSPS) is 19.0. The van der Waals surface area contributed by atoms with Crippen LogP contribution in [0.2, 0.25) is 0 Å². The third-order valence-electron chi connectivity index (χ3n) is 3.23. The minimum absolute atomic E-state index is 0.0123. The van der Waals surface area contributed by atoms with Gasteiger partial charge < -0.3 is 15.5 Å². The molecule has 5 heteroatoms. The Morgan fingerprint density at radius 2 is 1.82 bits per heavy atom. The first-order chi connectivity index (χ1) is 7.75. The van der Waals surface area contributed by atoms with Crippen molar-refractivity contribution >= 4 is 11.9 Å². The molecule has 0 aromatic carbocycles. The van der Waals surface area contributed by atoms with E-state index in [1.807, 2.05) is 0 Å². The van der Waals surface area contributed by atoms with Crippen molar-refractivity contribution in [1.82, 2.24) is 5.32 Å². The molecule has 0 aromatic heterocycles. The maximum absolute atomic E-state index is 11.7. The van der Waals surface area contributed by atoms with Gasteiger partial charge in [-0.15, -0.1) is 0 Å². The summed E-state index contributed by atoms with van der Waals surface area (Å²) in [6.07, 6.45) is 2.88. The minimum atomic E-state index is -0.971. The molecule has 0 aliphatic heterocycles. The molecule has 17 heavy (non-hydrogen) atoms. The van der Waals surface area contributed by atoms with Crippen molar-refractivity contribution in [3.63, 3.8) is 0 Å². The molecule has 1 fully saturated rings. The molecular formula is C12H21NO4. The average Bonchev–Trinajstić information content (AvgIpc) is 2.63. The first-order valence-electron chi connectivity index (χ1n) is 5.98. The van der Waals surface area contributed by atoms with Crippen LogP contribution < -0.4 is 5.32 Å². The van der Waals surface area contributed by atoms with Gasteiger partial charge in [0.2, 0.25) is 5.91 Å². The van der Waals surface area contributed by atoms with Gasteiger partial charge in [0.05, 0.1) is 11.0 Å². The van der Waals surface area contributed by atoms with Crippen molar-refractivity contribution in [3.8, 4) is 0 Å². The van der Waals surface area contributed by atoms with Gasteiger partial charge in [0, 0.05) is 13.0 Å². The molecular weight excluding hydrogens is 222 g/mol. The Hall–Kier alpha value is -1.10. The fraction of sp³-hybridized carbons (Fsp3) is 0.833. The lowest BCUT2D eigenvalue weighted by atomic mass is 9.82. The number of hydrogen-bond donors (Lipinski definition) is 3. The van der Waals surface area contributed by atoms with Gasteiger partial charge in [0.15, 0.2) is 0 Å². The molecule has 0 radical (unpaired) electrons. The first kappa shape index (κ1) is 14.0. The molecule has 1 saturated carbocycles. The van der Waals surface area contributed by atoms with Crippen molar-refractivity contribution in [2.45, 2.75) is 51.6 Å². The third-order valence-corrected chi connectivity index (χ3v) is 3.23. The van der Waals surface area contributed by atoms with Gasteiger partial charge in [-0.1, -0.05) is 12.8 Å². The number of carbonyl (C=O) groups excluding carboxylic acids is 1. The second kappa shape index (κ2) is 5.04. The van der Waals surface area contributed by atoms with Gasteiger partial charge in [-0.3, -0.25) is 9.59 Å². The van der Waals surface area contributed by atoms with Gasteiger partial charge in [0.25, 0.3) is 0 Å². The number of carboxylic acids is 1. The van der Waals surface area contributed by atoms with Crippen molar-refractivity contribution in [3.05, 3.63) is 0 Å². The van der Waals surface area contributed by atoms with Gasteiger partial charge in [-0.05, 0) is 26.7 Å². The number of carboxylic acid groups (broad SMARTS) is 1. The van der Waals surface area contributed by atoms with Gasteiger partial charge >= 0.3 is 5.97 Å². The molecule has 1 aliphatic rings. The molecule has 0 unspecified atom stereocenters. The van der Waals surface area contributed by atoms with Gasteiger partial charge in [-0.2, -0.15) is 0 Å². The van der Waals surface area contributed by atoms with Crippen molar-refractivity contribution in [2.24, 2.45) is 5.41 Å². The highest BCUT2D eigenvalue weighted by atomic mass is 16.4. The molecule has 1 amide bonds. The summed E-state index contributed by atoms with van der Waals surface area (Å²) in [5.41, 5.74) is -1.86. The van der Waals surface area contributed by atoms with Gasteiger partial charge in [0.1, 0.15) is 0 Å². The highest BCUT2D eigenvalue weighted by Gasteiger charge is 2.42. The molecule has 0 aromatic rings. The number of hydrogen-bond acceptors (Lipinski definition) is 3. The Bertz CT molecular complexity index is 300. The van der Waals surface area contributed by atoms with E-state index in [1.165, 1.54) is 0 Å². The van der Waals surface area contributed by atoms with E-state index in [9.17, 15) is 19.8 Å². The highest BCUT2D eigenvalue weighted by Crippen LogP contribution is 2.41. The van der Waals surface area contributed by atoms with Crippen LogP contribution in [0.4, 0.5) is 0 Å². The summed E-state index contributed by atoms with van der Waals surface area (Å²) >= 11 is 0. The van der Waals surface area contributed by atoms with Crippen LogP contribution in [0.5, 0.6) is 0 Å². The molecule has 0 heterocycles. The highest BCUT2D eigenvalue weighted by molar-refractivity contribution is 5.85. The molecule has 1 aliphatic carbocycles. The van der Waals surface area contributed by atoms with Crippen molar-refractivity contribution < 1.29 is 19.8 Å². The van der Waals surface area contributed by atoms with Crippen LogP contribution in [0.15, 0.2) is 0 Å². The summed E-state index contributed by atoms with van der Waals surface area (Å²) in [5, 5.41) is 21.3.